The lowest BCUT2D eigenvalue weighted by atomic mass is 10.1. The van der Waals surface area contributed by atoms with Crippen molar-refractivity contribution in [1.82, 2.24) is 10.5 Å². The minimum atomic E-state index is -0.223. The quantitative estimate of drug-likeness (QED) is 0.899. The molecule has 0 saturated carbocycles. The Bertz CT molecular complexity index is 555. The first-order valence-electron chi connectivity index (χ1n) is 6.36. The average Bonchev–Trinajstić information content (AvgIpc) is 2.98. The van der Waals surface area contributed by atoms with Crippen molar-refractivity contribution in [3.63, 3.8) is 0 Å². The van der Waals surface area contributed by atoms with Gasteiger partial charge in [-0.1, -0.05) is 19.0 Å². The molecule has 0 aliphatic carbocycles. The number of nitrogens with one attached hydrogen (secondary N) is 1. The van der Waals surface area contributed by atoms with Crippen molar-refractivity contribution in [1.29, 1.82) is 0 Å². The zero-order valence-corrected chi connectivity index (χ0v) is 11.4. The fraction of sp³-hybridized carbons (Fsp3) is 0.429. The summed E-state index contributed by atoms with van der Waals surface area (Å²) in [5, 5.41) is 6.54. The number of nitrogens with zero attached hydrogens (tertiary/aromatic N) is 1. The van der Waals surface area contributed by atoms with Gasteiger partial charge >= 0.3 is 0 Å². The molecule has 19 heavy (non-hydrogen) atoms. The fourth-order valence-corrected chi connectivity index (χ4v) is 1.68. The predicted octanol–water partition coefficient (Wildman–Crippen LogP) is 2.67. The van der Waals surface area contributed by atoms with E-state index in [9.17, 15) is 4.79 Å². The van der Waals surface area contributed by atoms with E-state index in [1.807, 2.05) is 32.9 Å². The maximum atomic E-state index is 11.8. The van der Waals surface area contributed by atoms with Gasteiger partial charge in [-0.25, -0.2) is 0 Å². The van der Waals surface area contributed by atoms with E-state index in [1.165, 1.54) is 0 Å². The van der Waals surface area contributed by atoms with Crippen LogP contribution in [0.5, 0.6) is 0 Å². The van der Waals surface area contributed by atoms with Crippen molar-refractivity contribution in [3.8, 4) is 0 Å². The van der Waals surface area contributed by atoms with Gasteiger partial charge in [0.2, 0.25) is 0 Å². The summed E-state index contributed by atoms with van der Waals surface area (Å²) < 4.78 is 10.5. The van der Waals surface area contributed by atoms with Crippen LogP contribution in [0.2, 0.25) is 0 Å². The first-order valence-corrected chi connectivity index (χ1v) is 6.36. The number of hydrogen-bond acceptors (Lipinski definition) is 4. The van der Waals surface area contributed by atoms with E-state index in [0.29, 0.717) is 24.4 Å². The van der Waals surface area contributed by atoms with Gasteiger partial charge in [0.15, 0.2) is 5.69 Å². The first-order chi connectivity index (χ1) is 9.06. The summed E-state index contributed by atoms with van der Waals surface area (Å²) in [5.74, 6) is 2.45. The van der Waals surface area contributed by atoms with Crippen LogP contribution in [0.4, 0.5) is 0 Å². The molecule has 2 aromatic heterocycles. The molecule has 0 bridgehead atoms. The molecule has 0 aliphatic heterocycles. The predicted molar refractivity (Wildman–Crippen MR) is 70.1 cm³/mol. The number of carbonyl (C=O) groups excluding carboxylic acids is 1. The Balaban J connectivity index is 1.83. The minimum absolute atomic E-state index is 0.222. The van der Waals surface area contributed by atoms with E-state index >= 15 is 0 Å². The highest BCUT2D eigenvalue weighted by Crippen LogP contribution is 2.14. The van der Waals surface area contributed by atoms with Gasteiger partial charge in [0, 0.05) is 24.9 Å². The summed E-state index contributed by atoms with van der Waals surface area (Å²) in [6.45, 7) is 6.38. The molecule has 0 aromatic carbocycles. The third kappa shape index (κ3) is 3.47. The molecule has 1 amide bonds. The smallest absolute Gasteiger partial charge is 0.273 e. The normalized spacial score (nSPS) is 10.9. The second-order valence-electron chi connectivity index (χ2n) is 4.79. The molecule has 2 rings (SSSR count). The number of amides is 1. The number of aryl methyl sites for hydroxylation is 1. The zero-order valence-electron chi connectivity index (χ0n) is 11.4. The van der Waals surface area contributed by atoms with Gasteiger partial charge in [0.25, 0.3) is 5.91 Å². The molecule has 0 fully saturated rings. The van der Waals surface area contributed by atoms with Crippen molar-refractivity contribution in [2.24, 2.45) is 0 Å². The van der Waals surface area contributed by atoms with Gasteiger partial charge in [0.05, 0.1) is 0 Å². The second kappa shape index (κ2) is 5.73. The van der Waals surface area contributed by atoms with Crippen LogP contribution in [0.25, 0.3) is 0 Å². The van der Waals surface area contributed by atoms with Crippen LogP contribution in [0.1, 0.15) is 47.5 Å². The van der Waals surface area contributed by atoms with Gasteiger partial charge < -0.3 is 14.3 Å². The maximum Gasteiger partial charge on any atom is 0.273 e. The van der Waals surface area contributed by atoms with Gasteiger partial charge in [-0.15, -0.1) is 0 Å². The number of rotatable bonds is 5. The molecule has 0 saturated heterocycles. The standard InChI is InChI=1S/C14H18N2O3/c1-9(2)13-8-12(16-19-13)14(17)15-7-6-11-5-4-10(3)18-11/h4-5,8-9H,6-7H2,1-3H3,(H,15,17). The van der Waals surface area contributed by atoms with Crippen molar-refractivity contribution < 1.29 is 13.7 Å². The lowest BCUT2D eigenvalue weighted by Crippen LogP contribution is -2.25. The van der Waals surface area contributed by atoms with Crippen LogP contribution in [0, 0.1) is 6.92 Å². The highest BCUT2D eigenvalue weighted by atomic mass is 16.5. The fourth-order valence-electron chi connectivity index (χ4n) is 1.68. The Morgan fingerprint density at radius 2 is 2.21 bits per heavy atom. The Morgan fingerprint density at radius 3 is 2.79 bits per heavy atom. The summed E-state index contributed by atoms with van der Waals surface area (Å²) in [4.78, 5) is 11.8. The molecule has 1 N–H and O–H groups in total. The van der Waals surface area contributed by atoms with Gasteiger partial charge in [-0.3, -0.25) is 4.79 Å². The third-order valence-corrected chi connectivity index (χ3v) is 2.78. The summed E-state index contributed by atoms with van der Waals surface area (Å²) in [6.07, 6.45) is 0.661. The van der Waals surface area contributed by atoms with E-state index in [-0.39, 0.29) is 11.8 Å². The van der Waals surface area contributed by atoms with Crippen LogP contribution in [-0.2, 0) is 6.42 Å². The van der Waals surface area contributed by atoms with E-state index < -0.39 is 0 Å². The van der Waals surface area contributed by atoms with Crippen LogP contribution in [0.3, 0.4) is 0 Å². The van der Waals surface area contributed by atoms with Crippen molar-refractivity contribution in [2.75, 3.05) is 6.54 Å². The van der Waals surface area contributed by atoms with Gasteiger partial charge in [0.1, 0.15) is 17.3 Å². The minimum Gasteiger partial charge on any atom is -0.466 e. The van der Waals surface area contributed by atoms with Crippen LogP contribution < -0.4 is 5.32 Å². The van der Waals surface area contributed by atoms with Gasteiger partial charge in [-0.2, -0.15) is 0 Å². The molecule has 5 heteroatoms. The number of furan rings is 1. The maximum absolute atomic E-state index is 11.8. The van der Waals surface area contributed by atoms with E-state index in [1.54, 1.807) is 6.07 Å². The van der Waals surface area contributed by atoms with Crippen molar-refractivity contribution in [2.45, 2.75) is 33.1 Å². The third-order valence-electron chi connectivity index (χ3n) is 2.78. The molecule has 0 aliphatic rings. The monoisotopic (exact) mass is 262 g/mol. The SMILES string of the molecule is Cc1ccc(CCNC(=O)c2cc(C(C)C)on2)o1. The van der Waals surface area contributed by atoms with E-state index in [2.05, 4.69) is 10.5 Å². The van der Waals surface area contributed by atoms with Crippen LogP contribution in [0.15, 0.2) is 27.1 Å². The highest BCUT2D eigenvalue weighted by Gasteiger charge is 2.13. The van der Waals surface area contributed by atoms with E-state index in [0.717, 1.165) is 11.5 Å². The molecule has 102 valence electrons. The molecular weight excluding hydrogens is 244 g/mol. The molecular formula is C14H18N2O3. The lowest BCUT2D eigenvalue weighted by molar-refractivity contribution is 0.0944. The van der Waals surface area contributed by atoms with Crippen molar-refractivity contribution in [3.05, 3.63) is 41.2 Å². The summed E-state index contributed by atoms with van der Waals surface area (Å²) in [6, 6.07) is 5.50. The summed E-state index contributed by atoms with van der Waals surface area (Å²) >= 11 is 0. The molecule has 2 aromatic rings. The Morgan fingerprint density at radius 1 is 1.42 bits per heavy atom. The largest absolute Gasteiger partial charge is 0.466 e. The van der Waals surface area contributed by atoms with Gasteiger partial charge in [-0.05, 0) is 19.1 Å². The Kier molecular flexibility index (Phi) is 4.04. The first kappa shape index (κ1) is 13.4. The highest BCUT2D eigenvalue weighted by molar-refractivity contribution is 5.92. The topological polar surface area (TPSA) is 68.3 Å². The molecule has 0 atom stereocenters. The lowest BCUT2D eigenvalue weighted by Gasteiger charge is -2.00. The molecule has 2 heterocycles. The second-order valence-corrected chi connectivity index (χ2v) is 4.79. The number of aromatic nitrogens is 1. The molecule has 5 nitrogen and oxygen atoms in total. The Hall–Kier alpha value is -2.04. The average molecular weight is 262 g/mol. The number of hydrogen-bond donors (Lipinski definition) is 1. The molecule has 0 spiro atoms. The van der Waals surface area contributed by atoms with Crippen LogP contribution in [-0.4, -0.2) is 17.6 Å². The molecule has 0 unspecified atom stereocenters. The zero-order chi connectivity index (χ0) is 13.8. The van der Waals surface area contributed by atoms with E-state index in [4.69, 9.17) is 8.94 Å². The Labute approximate surface area is 112 Å². The molecule has 0 radical (unpaired) electrons. The van der Waals surface area contributed by atoms with Crippen LogP contribution >= 0.6 is 0 Å². The summed E-state index contributed by atoms with van der Waals surface area (Å²) in [5.41, 5.74) is 0.319. The summed E-state index contributed by atoms with van der Waals surface area (Å²) in [7, 11) is 0. The number of carbonyl (C=O) groups is 1. The van der Waals surface area contributed by atoms with Crippen molar-refractivity contribution >= 4 is 5.91 Å².